The van der Waals surface area contributed by atoms with E-state index in [0.29, 0.717) is 19.4 Å². The smallest absolute Gasteiger partial charge is 0.306 e. The molecule has 1 amide bonds. The molecule has 2 N–H and O–H groups in total. The second-order valence-electron chi connectivity index (χ2n) is 6.88. The van der Waals surface area contributed by atoms with E-state index in [4.69, 9.17) is 16.7 Å². The molecular formula is C18H22ClNO3. The molecule has 1 aromatic carbocycles. The van der Waals surface area contributed by atoms with Crippen LogP contribution < -0.4 is 5.32 Å². The number of hydrogen-bond acceptors (Lipinski definition) is 2. The van der Waals surface area contributed by atoms with E-state index in [0.717, 1.165) is 36.3 Å². The molecule has 2 atom stereocenters. The first kappa shape index (κ1) is 16.3. The van der Waals surface area contributed by atoms with Crippen molar-refractivity contribution in [3.63, 3.8) is 0 Å². The number of halogens is 1. The van der Waals surface area contributed by atoms with Crippen molar-refractivity contribution in [2.45, 2.75) is 43.9 Å². The molecule has 2 aliphatic rings. The molecule has 124 valence electrons. The standard InChI is InChI=1S/C18H22ClNO3/c19-15-7-2-1-6-14(15)18(8-9-18)11-20-16(21)12-4-3-5-13(10-12)17(22)23/h1-2,6-7,12-13H,3-5,8-11H2,(H,20,21)(H,22,23). The number of rotatable bonds is 5. The van der Waals surface area contributed by atoms with Crippen molar-refractivity contribution >= 4 is 23.5 Å². The van der Waals surface area contributed by atoms with Crippen molar-refractivity contribution in [3.05, 3.63) is 34.9 Å². The van der Waals surface area contributed by atoms with Crippen LogP contribution >= 0.6 is 11.6 Å². The molecule has 2 saturated carbocycles. The topological polar surface area (TPSA) is 66.4 Å². The van der Waals surface area contributed by atoms with Crippen molar-refractivity contribution in [3.8, 4) is 0 Å². The molecule has 0 aromatic heterocycles. The maximum atomic E-state index is 12.4. The molecule has 1 aromatic rings. The lowest BCUT2D eigenvalue weighted by atomic mass is 9.81. The SMILES string of the molecule is O=C(O)C1CCCC(C(=O)NCC2(c3ccccc3Cl)CC2)C1. The third-order valence-electron chi connectivity index (χ3n) is 5.29. The molecule has 0 radical (unpaired) electrons. The Morgan fingerprint density at radius 2 is 1.91 bits per heavy atom. The number of hydrogen-bond donors (Lipinski definition) is 2. The van der Waals surface area contributed by atoms with Gasteiger partial charge in [-0.15, -0.1) is 0 Å². The fourth-order valence-corrected chi connectivity index (χ4v) is 3.97. The van der Waals surface area contributed by atoms with Gasteiger partial charge in [0, 0.05) is 22.9 Å². The Kier molecular flexibility index (Phi) is 4.62. The molecule has 0 bridgehead atoms. The number of aliphatic carboxylic acids is 1. The maximum Gasteiger partial charge on any atom is 0.306 e. The quantitative estimate of drug-likeness (QED) is 0.866. The van der Waals surface area contributed by atoms with Crippen LogP contribution in [0.15, 0.2) is 24.3 Å². The van der Waals surface area contributed by atoms with E-state index in [-0.39, 0.29) is 23.2 Å². The number of carboxylic acid groups (broad SMARTS) is 1. The Morgan fingerprint density at radius 1 is 1.22 bits per heavy atom. The van der Waals surface area contributed by atoms with Crippen LogP contribution in [-0.2, 0) is 15.0 Å². The summed E-state index contributed by atoms with van der Waals surface area (Å²) in [6, 6.07) is 7.80. The number of carbonyl (C=O) groups excluding carboxylic acids is 1. The van der Waals surface area contributed by atoms with Crippen LogP contribution in [0, 0.1) is 11.8 Å². The Labute approximate surface area is 141 Å². The van der Waals surface area contributed by atoms with Crippen LogP contribution in [0.2, 0.25) is 5.02 Å². The van der Waals surface area contributed by atoms with Gasteiger partial charge in [-0.05, 0) is 43.7 Å². The number of nitrogens with one attached hydrogen (secondary N) is 1. The van der Waals surface area contributed by atoms with E-state index in [1.807, 2.05) is 24.3 Å². The highest BCUT2D eigenvalue weighted by molar-refractivity contribution is 6.31. The third-order valence-corrected chi connectivity index (χ3v) is 5.62. The van der Waals surface area contributed by atoms with E-state index in [1.165, 1.54) is 0 Å². The number of benzene rings is 1. The molecule has 2 fully saturated rings. The Balaban J connectivity index is 1.59. The second-order valence-corrected chi connectivity index (χ2v) is 7.28. The molecule has 2 aliphatic carbocycles. The monoisotopic (exact) mass is 335 g/mol. The number of amides is 1. The van der Waals surface area contributed by atoms with Crippen LogP contribution in [0.4, 0.5) is 0 Å². The van der Waals surface area contributed by atoms with Crippen LogP contribution in [-0.4, -0.2) is 23.5 Å². The first-order chi connectivity index (χ1) is 11.0. The van der Waals surface area contributed by atoms with Gasteiger partial charge in [0.05, 0.1) is 5.92 Å². The fraction of sp³-hybridized carbons (Fsp3) is 0.556. The van der Waals surface area contributed by atoms with Crippen molar-refractivity contribution in [2.75, 3.05) is 6.54 Å². The number of carboxylic acids is 1. The van der Waals surface area contributed by atoms with Gasteiger partial charge in [-0.25, -0.2) is 0 Å². The zero-order chi connectivity index (χ0) is 16.4. The van der Waals surface area contributed by atoms with Gasteiger partial charge in [-0.2, -0.15) is 0 Å². The number of carbonyl (C=O) groups is 2. The fourth-order valence-electron chi connectivity index (χ4n) is 3.64. The van der Waals surface area contributed by atoms with E-state index >= 15 is 0 Å². The summed E-state index contributed by atoms with van der Waals surface area (Å²) in [5.41, 5.74) is 1.07. The van der Waals surface area contributed by atoms with Gasteiger partial charge >= 0.3 is 5.97 Å². The summed E-state index contributed by atoms with van der Waals surface area (Å²) in [5, 5.41) is 12.9. The Hall–Kier alpha value is -1.55. The Bertz CT molecular complexity index is 612. The highest BCUT2D eigenvalue weighted by atomic mass is 35.5. The summed E-state index contributed by atoms with van der Waals surface area (Å²) in [6.07, 6.45) is 4.79. The average molecular weight is 336 g/mol. The summed E-state index contributed by atoms with van der Waals surface area (Å²) in [5.74, 6) is -1.34. The van der Waals surface area contributed by atoms with Gasteiger partial charge < -0.3 is 10.4 Å². The molecule has 5 heteroatoms. The van der Waals surface area contributed by atoms with Crippen molar-refractivity contribution in [1.29, 1.82) is 0 Å². The molecule has 23 heavy (non-hydrogen) atoms. The van der Waals surface area contributed by atoms with E-state index in [1.54, 1.807) is 0 Å². The summed E-state index contributed by atoms with van der Waals surface area (Å²) in [7, 11) is 0. The molecule has 0 heterocycles. The molecule has 2 unspecified atom stereocenters. The lowest BCUT2D eigenvalue weighted by Gasteiger charge is -2.27. The van der Waals surface area contributed by atoms with Crippen LogP contribution in [0.25, 0.3) is 0 Å². The maximum absolute atomic E-state index is 12.4. The lowest BCUT2D eigenvalue weighted by Crippen LogP contribution is -2.39. The van der Waals surface area contributed by atoms with Crippen molar-refractivity contribution in [1.82, 2.24) is 5.32 Å². The second kappa shape index (κ2) is 6.52. The minimum atomic E-state index is -0.780. The molecule has 0 saturated heterocycles. The molecule has 3 rings (SSSR count). The van der Waals surface area contributed by atoms with Gasteiger partial charge in [-0.1, -0.05) is 36.2 Å². The van der Waals surface area contributed by atoms with Crippen molar-refractivity contribution < 1.29 is 14.7 Å². The average Bonchev–Trinajstić information content (AvgIpc) is 3.34. The first-order valence-electron chi connectivity index (χ1n) is 8.27. The summed E-state index contributed by atoms with van der Waals surface area (Å²) in [6.45, 7) is 0.587. The molecule has 0 aliphatic heterocycles. The molecule has 4 nitrogen and oxygen atoms in total. The zero-order valence-electron chi connectivity index (χ0n) is 13.1. The van der Waals surface area contributed by atoms with Gasteiger partial charge in [0.1, 0.15) is 0 Å². The summed E-state index contributed by atoms with van der Waals surface area (Å²) < 4.78 is 0. The van der Waals surface area contributed by atoms with Crippen LogP contribution in [0.3, 0.4) is 0 Å². The summed E-state index contributed by atoms with van der Waals surface area (Å²) in [4.78, 5) is 23.5. The highest BCUT2D eigenvalue weighted by Gasteiger charge is 2.46. The van der Waals surface area contributed by atoms with Gasteiger partial charge in [0.2, 0.25) is 5.91 Å². The highest BCUT2D eigenvalue weighted by Crippen LogP contribution is 2.50. The van der Waals surface area contributed by atoms with Crippen molar-refractivity contribution in [2.24, 2.45) is 11.8 Å². The van der Waals surface area contributed by atoms with Gasteiger partial charge in [0.15, 0.2) is 0 Å². The first-order valence-corrected chi connectivity index (χ1v) is 8.65. The molecule has 0 spiro atoms. The normalized spacial score (nSPS) is 25.6. The van der Waals surface area contributed by atoms with Gasteiger partial charge in [0.25, 0.3) is 0 Å². The lowest BCUT2D eigenvalue weighted by molar-refractivity contribution is -0.144. The van der Waals surface area contributed by atoms with E-state index < -0.39 is 5.97 Å². The Morgan fingerprint density at radius 3 is 2.57 bits per heavy atom. The summed E-state index contributed by atoms with van der Waals surface area (Å²) >= 11 is 6.29. The minimum Gasteiger partial charge on any atom is -0.481 e. The molecular weight excluding hydrogens is 314 g/mol. The van der Waals surface area contributed by atoms with E-state index in [2.05, 4.69) is 5.32 Å². The third kappa shape index (κ3) is 3.52. The van der Waals surface area contributed by atoms with Crippen LogP contribution in [0.1, 0.15) is 44.1 Å². The van der Waals surface area contributed by atoms with Gasteiger partial charge in [-0.3, -0.25) is 9.59 Å². The largest absolute Gasteiger partial charge is 0.481 e. The predicted molar refractivity (Wildman–Crippen MR) is 88.5 cm³/mol. The van der Waals surface area contributed by atoms with E-state index in [9.17, 15) is 9.59 Å². The minimum absolute atomic E-state index is 0.00530. The van der Waals surface area contributed by atoms with Crippen LogP contribution in [0.5, 0.6) is 0 Å². The predicted octanol–water partition coefficient (Wildman–Crippen LogP) is 3.38. The zero-order valence-corrected chi connectivity index (χ0v) is 13.8.